The van der Waals surface area contributed by atoms with Gasteiger partial charge in [0.15, 0.2) is 29.5 Å². The molecule has 0 heterocycles. The van der Waals surface area contributed by atoms with Gasteiger partial charge in [-0.25, -0.2) is 10.6 Å². The molecule has 2 N–H and O–H groups in total. The highest BCUT2D eigenvalue weighted by molar-refractivity contribution is 4.71. The van der Waals surface area contributed by atoms with Crippen LogP contribution in [0.4, 0.5) is 0 Å². The van der Waals surface area contributed by atoms with Crippen molar-refractivity contribution in [3.8, 4) is 0 Å². The zero-order chi connectivity index (χ0) is 25.6. The lowest BCUT2D eigenvalue weighted by Gasteiger charge is -2.17. The summed E-state index contributed by atoms with van der Waals surface area (Å²) in [4.78, 5) is 71.0. The van der Waals surface area contributed by atoms with Crippen LogP contribution in [0.25, 0.3) is 0 Å². The van der Waals surface area contributed by atoms with Gasteiger partial charge >= 0.3 is 23.9 Å². The largest absolute Gasteiger partial charge is 0.712 e. The molecule has 0 aromatic rings. The van der Waals surface area contributed by atoms with Gasteiger partial charge < -0.3 is 0 Å². The molecule has 32 heavy (non-hydrogen) atoms. The Morgan fingerprint density at radius 2 is 0.656 bits per heavy atom. The number of rotatable bonds is 15. The molecular formula is C6H8N10O16. The summed E-state index contributed by atoms with van der Waals surface area (Å²) in [7, 11) is 0. The van der Waals surface area contributed by atoms with Gasteiger partial charge in [-0.1, -0.05) is 0 Å². The smallest absolute Gasteiger partial charge is 0.262 e. The van der Waals surface area contributed by atoms with E-state index in [4.69, 9.17) is 0 Å². The van der Waals surface area contributed by atoms with E-state index in [-0.39, 0.29) is 0 Å². The first-order valence-corrected chi connectivity index (χ1v) is 7.10. The monoisotopic (exact) mass is 476 g/mol. The molecule has 0 aliphatic heterocycles. The maximum Gasteiger partial charge on any atom is 0.712 e. The van der Waals surface area contributed by atoms with Crippen molar-refractivity contribution in [1.29, 1.82) is 0 Å². The van der Waals surface area contributed by atoms with E-state index in [0.717, 1.165) is 0 Å². The molecule has 2 unspecified atom stereocenters. The standard InChI is InChI=1S/C6H8N10O16/c17-9(18)3(7-1-5(11(21)22,12(23)24)13(25)26)4(10(19)20)8-2-6(14(27)28,15(29)30)16(31)32/h3-4,7-8H,1-2H2. The summed E-state index contributed by atoms with van der Waals surface area (Å²) in [6, 6.07) is 0. The molecular weight excluding hydrogens is 468 g/mol. The molecule has 0 fully saturated rings. The van der Waals surface area contributed by atoms with Gasteiger partial charge in [0.2, 0.25) is 13.1 Å². The van der Waals surface area contributed by atoms with E-state index in [1.54, 1.807) is 0 Å². The van der Waals surface area contributed by atoms with E-state index in [9.17, 15) is 80.9 Å². The summed E-state index contributed by atoms with van der Waals surface area (Å²) in [5.41, 5.74) is 0. The lowest BCUT2D eigenvalue weighted by atomic mass is 10.3. The van der Waals surface area contributed by atoms with Crippen LogP contribution in [0.3, 0.4) is 0 Å². The highest BCUT2D eigenvalue weighted by atomic mass is 16.7. The molecule has 0 aliphatic carbocycles. The van der Waals surface area contributed by atoms with Crippen molar-refractivity contribution in [3.05, 3.63) is 80.9 Å². The molecule has 2 atom stereocenters. The Hall–Kier alpha value is -4.88. The summed E-state index contributed by atoms with van der Waals surface area (Å²) in [5.74, 6) is -8.75. The SMILES string of the molecule is O=[N+]([O-])C(NCC([N+](=O)[O-])([N+](=O)[O-])[N+](=O)[O-])C(NCC([N+](=O)[O-])([N+](=O)[O-])[N+](=O)[O-])[N+](=O)[O-]. The van der Waals surface area contributed by atoms with Crippen LogP contribution in [0.15, 0.2) is 0 Å². The van der Waals surface area contributed by atoms with E-state index >= 15 is 0 Å². The predicted molar refractivity (Wildman–Crippen MR) is 85.0 cm³/mol. The Labute approximate surface area is 169 Å². The van der Waals surface area contributed by atoms with E-state index < -0.39 is 76.4 Å². The van der Waals surface area contributed by atoms with Crippen molar-refractivity contribution in [2.45, 2.75) is 23.9 Å². The topological polar surface area (TPSA) is 369 Å². The fourth-order valence-corrected chi connectivity index (χ4v) is 1.87. The summed E-state index contributed by atoms with van der Waals surface area (Å²) < 4.78 is 0. The number of hydrogen-bond acceptors (Lipinski definition) is 18. The minimum absolute atomic E-state index is 1.17. The first-order chi connectivity index (χ1) is 14.5. The van der Waals surface area contributed by atoms with Crippen LogP contribution in [0.5, 0.6) is 0 Å². The third-order valence-corrected chi connectivity index (χ3v) is 3.60. The second kappa shape index (κ2) is 9.75. The van der Waals surface area contributed by atoms with E-state index in [2.05, 4.69) is 0 Å². The zero-order valence-corrected chi connectivity index (χ0v) is 14.7. The Kier molecular flexibility index (Phi) is 8.26. The fourth-order valence-electron chi connectivity index (χ4n) is 1.87. The van der Waals surface area contributed by atoms with Crippen molar-refractivity contribution in [2.24, 2.45) is 0 Å². The molecule has 26 nitrogen and oxygen atoms in total. The highest BCUT2D eigenvalue weighted by Gasteiger charge is 2.72. The van der Waals surface area contributed by atoms with E-state index in [1.165, 1.54) is 10.6 Å². The number of hydrogen-bond donors (Lipinski definition) is 2. The molecule has 0 rings (SSSR count). The minimum atomic E-state index is -4.37. The predicted octanol–water partition coefficient (Wildman–Crippen LogP) is -3.66. The van der Waals surface area contributed by atoms with Gasteiger partial charge in [-0.2, -0.15) is 0 Å². The molecule has 0 saturated carbocycles. The lowest BCUT2D eigenvalue weighted by Crippen LogP contribution is -2.67. The molecule has 0 aliphatic rings. The molecule has 0 bridgehead atoms. The molecule has 26 heteroatoms. The summed E-state index contributed by atoms with van der Waals surface area (Å²) in [6.07, 6.45) is -6.18. The van der Waals surface area contributed by atoms with Gasteiger partial charge in [-0.15, -0.1) is 0 Å². The fraction of sp³-hybridized carbons (Fsp3) is 1.00. The van der Waals surface area contributed by atoms with E-state index in [1.807, 2.05) is 0 Å². The Bertz CT molecular complexity index is 727. The molecule has 0 saturated heterocycles. The van der Waals surface area contributed by atoms with Gasteiger partial charge in [-0.05, 0) is 0 Å². The first-order valence-electron chi connectivity index (χ1n) is 7.10. The molecule has 0 amide bonds. The average Bonchev–Trinajstić information content (AvgIpc) is 2.60. The molecule has 0 radical (unpaired) electrons. The number of nitrogens with zero attached hydrogens (tertiary/aromatic N) is 8. The minimum Gasteiger partial charge on any atom is -0.262 e. The van der Waals surface area contributed by atoms with E-state index in [0.29, 0.717) is 0 Å². The van der Waals surface area contributed by atoms with Crippen molar-refractivity contribution >= 4 is 0 Å². The first kappa shape index (κ1) is 27.1. The summed E-state index contributed by atoms with van der Waals surface area (Å²) in [5, 5.41) is 89.4. The molecule has 0 aromatic carbocycles. The highest BCUT2D eigenvalue weighted by Crippen LogP contribution is 2.14. The maximum atomic E-state index is 11.1. The Morgan fingerprint density at radius 3 is 0.781 bits per heavy atom. The summed E-state index contributed by atoms with van der Waals surface area (Å²) in [6.45, 7) is -4.30. The van der Waals surface area contributed by atoms with Gasteiger partial charge in [-0.3, -0.25) is 80.9 Å². The van der Waals surface area contributed by atoms with Crippen LogP contribution < -0.4 is 10.6 Å². The summed E-state index contributed by atoms with van der Waals surface area (Å²) >= 11 is 0. The quantitative estimate of drug-likeness (QED) is 0.130. The second-order valence-electron chi connectivity index (χ2n) is 5.31. The maximum absolute atomic E-state index is 11.1. The van der Waals surface area contributed by atoms with Crippen molar-refractivity contribution in [1.82, 2.24) is 10.6 Å². The van der Waals surface area contributed by atoms with Crippen LogP contribution in [-0.2, 0) is 0 Å². The zero-order valence-electron chi connectivity index (χ0n) is 14.7. The molecule has 178 valence electrons. The Balaban J connectivity index is 6.13. The van der Waals surface area contributed by atoms with Crippen LogP contribution in [0, 0.1) is 80.9 Å². The third kappa shape index (κ3) is 4.81. The second-order valence-corrected chi connectivity index (χ2v) is 5.31. The van der Waals surface area contributed by atoms with Crippen molar-refractivity contribution < 1.29 is 39.4 Å². The van der Waals surface area contributed by atoms with Crippen LogP contribution in [-0.4, -0.2) is 76.4 Å². The third-order valence-electron chi connectivity index (χ3n) is 3.60. The van der Waals surface area contributed by atoms with Crippen molar-refractivity contribution in [3.63, 3.8) is 0 Å². The Morgan fingerprint density at radius 1 is 0.469 bits per heavy atom. The lowest BCUT2D eigenvalue weighted by molar-refractivity contribution is -0.967. The average molecular weight is 476 g/mol. The van der Waals surface area contributed by atoms with Gasteiger partial charge in [0.25, 0.3) is 0 Å². The van der Waals surface area contributed by atoms with Crippen LogP contribution >= 0.6 is 0 Å². The molecule has 0 spiro atoms. The normalized spacial score (nSPS) is 13.4. The number of nitrogens with one attached hydrogen (secondary N) is 2. The van der Waals surface area contributed by atoms with Gasteiger partial charge in [0.05, 0.1) is 0 Å². The number of nitro groups is 8. The van der Waals surface area contributed by atoms with Crippen LogP contribution in [0.2, 0.25) is 0 Å². The molecule has 0 aromatic heterocycles. The van der Waals surface area contributed by atoms with Crippen LogP contribution in [0.1, 0.15) is 0 Å². The van der Waals surface area contributed by atoms with Gasteiger partial charge in [0.1, 0.15) is 0 Å². The van der Waals surface area contributed by atoms with Gasteiger partial charge in [0, 0.05) is 9.85 Å². The van der Waals surface area contributed by atoms with Crippen molar-refractivity contribution in [2.75, 3.05) is 13.1 Å².